The zero-order valence-electron chi connectivity index (χ0n) is 61.7. The Morgan fingerprint density at radius 3 is 1.09 bits per heavy atom. The Morgan fingerprint density at radius 1 is 0.374 bits per heavy atom. The minimum Gasteiger partial charge on any atom is -0.394 e. The lowest BCUT2D eigenvalue weighted by atomic mass is 9.96. The van der Waals surface area contributed by atoms with Crippen molar-refractivity contribution in [3.05, 3.63) is 60.8 Å². The SMILES string of the molecule is CC/C=C\C/C=C\C/C=C\C/C=C\CCCCCCCCCCCCCCCCCCCCCCCCCCC(=O)NC(COC1OC(CO)C(OC2OC(CO)C(OC3OC(CO)C(O)C(O)C3O)C(O)C2O)C(O)C1O)C(O)/C=C/CCCCCCCCCCCCCCCCC. The molecule has 0 radical (unpaired) electrons. The van der Waals surface area contributed by atoms with Gasteiger partial charge in [0.25, 0.3) is 0 Å². The number of unbranched alkanes of at least 4 members (excludes halogenated alkanes) is 39. The molecule has 12 N–H and O–H groups in total. The first-order valence-electron chi connectivity index (χ1n) is 40.0. The topological polar surface area (TPSA) is 307 Å². The number of nitrogens with one attached hydrogen (secondary N) is 1. The molecule has 3 aliphatic heterocycles. The van der Waals surface area contributed by atoms with Gasteiger partial charge in [0, 0.05) is 6.42 Å². The summed E-state index contributed by atoms with van der Waals surface area (Å²) in [7, 11) is 0. The fraction of sp³-hybridized carbons (Fsp3) is 0.863. The van der Waals surface area contributed by atoms with E-state index >= 15 is 0 Å². The van der Waals surface area contributed by atoms with E-state index in [1.54, 1.807) is 6.08 Å². The molecule has 578 valence electrons. The van der Waals surface area contributed by atoms with Crippen molar-refractivity contribution in [1.82, 2.24) is 5.32 Å². The predicted molar refractivity (Wildman–Crippen MR) is 392 cm³/mol. The number of hydrogen-bond donors (Lipinski definition) is 12. The molecular formula is C80H145NO18. The summed E-state index contributed by atoms with van der Waals surface area (Å²) in [4.78, 5) is 13.5. The van der Waals surface area contributed by atoms with Crippen LogP contribution in [0.1, 0.15) is 309 Å². The van der Waals surface area contributed by atoms with Gasteiger partial charge < -0.3 is 89.9 Å². The van der Waals surface area contributed by atoms with Crippen LogP contribution in [0.5, 0.6) is 0 Å². The quantitative estimate of drug-likeness (QED) is 0.0199. The van der Waals surface area contributed by atoms with Crippen LogP contribution in [0.25, 0.3) is 0 Å². The molecule has 17 atom stereocenters. The first-order valence-corrected chi connectivity index (χ1v) is 40.0. The fourth-order valence-corrected chi connectivity index (χ4v) is 13.4. The molecule has 3 aliphatic rings. The summed E-state index contributed by atoms with van der Waals surface area (Å²) in [5, 5.41) is 121. The third-order valence-corrected chi connectivity index (χ3v) is 19.8. The van der Waals surface area contributed by atoms with E-state index in [-0.39, 0.29) is 18.9 Å². The predicted octanol–water partition coefficient (Wildman–Crippen LogP) is 13.1. The average Bonchev–Trinajstić information content (AvgIpc) is 0.786. The zero-order valence-corrected chi connectivity index (χ0v) is 61.7. The lowest BCUT2D eigenvalue weighted by molar-refractivity contribution is -0.379. The normalized spacial score (nSPS) is 26.9. The van der Waals surface area contributed by atoms with Crippen molar-refractivity contribution in [2.24, 2.45) is 0 Å². The minimum atomic E-state index is -1.98. The zero-order chi connectivity index (χ0) is 71.8. The van der Waals surface area contributed by atoms with E-state index in [2.05, 4.69) is 67.8 Å². The van der Waals surface area contributed by atoms with Crippen LogP contribution in [0.3, 0.4) is 0 Å². The summed E-state index contributed by atoms with van der Waals surface area (Å²) >= 11 is 0. The molecule has 3 rings (SSSR count). The molecule has 0 saturated carbocycles. The number of allylic oxidation sites excluding steroid dienone is 9. The number of carbonyl (C=O) groups is 1. The Morgan fingerprint density at radius 2 is 0.697 bits per heavy atom. The van der Waals surface area contributed by atoms with Gasteiger partial charge in [-0.1, -0.05) is 306 Å². The van der Waals surface area contributed by atoms with Crippen molar-refractivity contribution in [2.75, 3.05) is 26.4 Å². The summed E-state index contributed by atoms with van der Waals surface area (Å²) in [5.74, 6) is -0.271. The fourth-order valence-electron chi connectivity index (χ4n) is 13.4. The van der Waals surface area contributed by atoms with E-state index in [0.29, 0.717) is 6.42 Å². The van der Waals surface area contributed by atoms with Gasteiger partial charge in [0.2, 0.25) is 5.91 Å². The first kappa shape index (κ1) is 90.7. The first-order chi connectivity index (χ1) is 48.3. The number of aliphatic hydroxyl groups excluding tert-OH is 11. The lowest BCUT2D eigenvalue weighted by Gasteiger charge is -2.48. The summed E-state index contributed by atoms with van der Waals surface area (Å²) in [6, 6.07) is -0.973. The van der Waals surface area contributed by atoms with Crippen LogP contribution in [-0.2, 0) is 33.2 Å². The summed E-state index contributed by atoms with van der Waals surface area (Å²) < 4.78 is 34.4. The van der Waals surface area contributed by atoms with E-state index in [1.165, 1.54) is 212 Å². The molecule has 0 aromatic heterocycles. The van der Waals surface area contributed by atoms with Crippen molar-refractivity contribution < 1.29 is 89.4 Å². The highest BCUT2D eigenvalue weighted by Crippen LogP contribution is 2.33. The molecular weight excluding hydrogens is 1260 g/mol. The van der Waals surface area contributed by atoms with E-state index < -0.39 is 124 Å². The minimum absolute atomic E-state index is 0.246. The number of rotatable bonds is 63. The molecule has 0 bridgehead atoms. The van der Waals surface area contributed by atoms with Gasteiger partial charge in [-0.25, -0.2) is 0 Å². The number of ether oxygens (including phenoxy) is 6. The van der Waals surface area contributed by atoms with Gasteiger partial charge in [0.15, 0.2) is 18.9 Å². The summed E-state index contributed by atoms with van der Waals surface area (Å²) in [5.41, 5.74) is 0. The van der Waals surface area contributed by atoms with E-state index in [1.807, 2.05) is 6.08 Å². The standard InChI is InChI=1S/C80H145NO18/c1-3-5-7-9-11-13-15-17-19-21-22-23-24-25-26-27-28-29-30-31-32-33-34-35-36-37-38-39-40-42-44-46-48-50-52-54-56-58-68(86)81-63(64(85)57-55-53-51-49-47-45-43-41-20-18-16-14-12-10-8-6-4-2)62-94-78-74(92)71(89)76(66(60-83)96-78)99-80-75(93)72(90)77(67(61-84)97-80)98-79-73(91)70(88)69(87)65(59-82)95-79/h5,7,11,13,17,19,22-23,55,57,63-67,69-80,82-85,87-93H,3-4,6,8-10,12,14-16,18,20-21,24-54,56,58-62H2,1-2H3,(H,81,86)/b7-5-,13-11-,19-17-,23-22-,57-55+. The Hall–Kier alpha value is -2.51. The van der Waals surface area contributed by atoms with Gasteiger partial charge >= 0.3 is 0 Å². The van der Waals surface area contributed by atoms with Gasteiger partial charge in [0.1, 0.15) is 73.2 Å². The van der Waals surface area contributed by atoms with Gasteiger partial charge in [0.05, 0.1) is 38.6 Å². The van der Waals surface area contributed by atoms with Crippen LogP contribution >= 0.6 is 0 Å². The second kappa shape index (κ2) is 60.7. The van der Waals surface area contributed by atoms with E-state index in [0.717, 1.165) is 70.6 Å². The van der Waals surface area contributed by atoms with Gasteiger partial charge in [-0.3, -0.25) is 4.79 Å². The van der Waals surface area contributed by atoms with E-state index in [9.17, 15) is 61.0 Å². The Bertz CT molecular complexity index is 2020. The molecule has 0 spiro atoms. The van der Waals surface area contributed by atoms with Crippen LogP contribution in [0, 0.1) is 0 Å². The van der Waals surface area contributed by atoms with Crippen LogP contribution in [0.15, 0.2) is 60.8 Å². The molecule has 3 saturated heterocycles. The maximum Gasteiger partial charge on any atom is 0.220 e. The van der Waals surface area contributed by atoms with Crippen LogP contribution in [0.4, 0.5) is 0 Å². The monoisotopic (exact) mass is 1410 g/mol. The maximum atomic E-state index is 13.5. The second-order valence-electron chi connectivity index (χ2n) is 28.5. The van der Waals surface area contributed by atoms with Crippen molar-refractivity contribution in [1.29, 1.82) is 0 Å². The molecule has 0 aromatic carbocycles. The van der Waals surface area contributed by atoms with Crippen LogP contribution < -0.4 is 5.32 Å². The molecule has 0 aliphatic carbocycles. The van der Waals surface area contributed by atoms with Crippen LogP contribution in [-0.4, -0.2) is 193 Å². The van der Waals surface area contributed by atoms with Crippen molar-refractivity contribution in [3.8, 4) is 0 Å². The number of aliphatic hydroxyl groups is 11. The highest BCUT2D eigenvalue weighted by molar-refractivity contribution is 5.76. The van der Waals surface area contributed by atoms with Gasteiger partial charge in [-0.15, -0.1) is 0 Å². The smallest absolute Gasteiger partial charge is 0.220 e. The third-order valence-electron chi connectivity index (χ3n) is 19.8. The van der Waals surface area contributed by atoms with Gasteiger partial charge in [-0.05, 0) is 57.8 Å². The van der Waals surface area contributed by atoms with Crippen LogP contribution in [0.2, 0.25) is 0 Å². The van der Waals surface area contributed by atoms with Crippen molar-refractivity contribution in [2.45, 2.75) is 413 Å². The number of amides is 1. The molecule has 99 heavy (non-hydrogen) atoms. The average molecular weight is 1410 g/mol. The largest absolute Gasteiger partial charge is 0.394 e. The maximum absolute atomic E-state index is 13.5. The molecule has 3 fully saturated rings. The Kier molecular flexibility index (Phi) is 55.6. The van der Waals surface area contributed by atoms with E-state index in [4.69, 9.17) is 28.4 Å². The molecule has 3 heterocycles. The number of carbonyl (C=O) groups excluding carboxylic acids is 1. The Balaban J connectivity index is 1.32. The third kappa shape index (κ3) is 41.1. The summed E-state index contributed by atoms with van der Waals surface area (Å²) in [6.07, 6.45) is 50.8. The molecule has 17 unspecified atom stereocenters. The second-order valence-corrected chi connectivity index (χ2v) is 28.5. The highest BCUT2D eigenvalue weighted by atomic mass is 16.8. The molecule has 19 heteroatoms. The molecule has 1 amide bonds. The highest BCUT2D eigenvalue weighted by Gasteiger charge is 2.54. The molecule has 0 aromatic rings. The lowest BCUT2D eigenvalue weighted by Crippen LogP contribution is -2.66. The van der Waals surface area contributed by atoms with Crippen molar-refractivity contribution >= 4 is 5.91 Å². The van der Waals surface area contributed by atoms with Crippen molar-refractivity contribution in [3.63, 3.8) is 0 Å². The summed E-state index contributed by atoms with van der Waals surface area (Å²) in [6.45, 7) is 1.65. The Labute approximate surface area is 598 Å². The number of hydrogen-bond acceptors (Lipinski definition) is 18. The molecule has 19 nitrogen and oxygen atoms in total. The van der Waals surface area contributed by atoms with Gasteiger partial charge in [-0.2, -0.15) is 0 Å².